The van der Waals surface area contributed by atoms with Crippen LogP contribution in [0, 0.1) is 6.92 Å². The highest BCUT2D eigenvalue weighted by Gasteiger charge is 2.24. The maximum atomic E-state index is 11.8. The molecule has 2 rings (SSSR count). The normalized spacial score (nSPS) is 15.9. The molecule has 1 aliphatic heterocycles. The Morgan fingerprint density at radius 1 is 1.31 bits per heavy atom. The lowest BCUT2D eigenvalue weighted by Gasteiger charge is -2.32. The number of amides is 1. The molecule has 2 N–H and O–H groups in total. The molecule has 1 amide bonds. The van der Waals surface area contributed by atoms with E-state index >= 15 is 0 Å². The molecule has 0 saturated carbocycles. The average molecular weight is 518 g/mol. The van der Waals surface area contributed by atoms with Crippen LogP contribution in [-0.2, 0) is 4.74 Å². The molecule has 8 heteroatoms. The summed E-state index contributed by atoms with van der Waals surface area (Å²) in [6.45, 7) is 11.1. The molecule has 1 unspecified atom stereocenters. The number of ether oxygens (including phenoxy) is 2. The van der Waals surface area contributed by atoms with Crippen molar-refractivity contribution in [2.24, 2.45) is 4.99 Å². The van der Waals surface area contributed by atoms with Crippen LogP contribution < -0.4 is 15.4 Å². The van der Waals surface area contributed by atoms with Crippen LogP contribution in [0.25, 0.3) is 0 Å². The largest absolute Gasteiger partial charge is 0.489 e. The van der Waals surface area contributed by atoms with E-state index in [0.717, 1.165) is 31.1 Å². The molecule has 1 atom stereocenters. The van der Waals surface area contributed by atoms with Crippen LogP contribution in [-0.4, -0.2) is 61.9 Å². The number of rotatable bonds is 7. The van der Waals surface area contributed by atoms with Crippen LogP contribution >= 0.6 is 24.0 Å². The second-order valence-corrected chi connectivity index (χ2v) is 7.07. The number of benzene rings is 1. The first kappa shape index (κ1) is 25.3. The fourth-order valence-electron chi connectivity index (χ4n) is 3.11. The zero-order valence-electron chi connectivity index (χ0n) is 17.9. The number of halogens is 1. The zero-order valence-corrected chi connectivity index (χ0v) is 20.3. The number of nitrogens with zero attached hydrogens (tertiary/aromatic N) is 2. The van der Waals surface area contributed by atoms with Gasteiger partial charge in [-0.05, 0) is 58.2 Å². The highest BCUT2D eigenvalue weighted by atomic mass is 127. The highest BCUT2D eigenvalue weighted by molar-refractivity contribution is 14.0. The van der Waals surface area contributed by atoms with Gasteiger partial charge in [0.15, 0.2) is 5.96 Å². The van der Waals surface area contributed by atoms with Crippen molar-refractivity contribution in [2.75, 3.05) is 32.8 Å². The van der Waals surface area contributed by atoms with Crippen LogP contribution in [0.2, 0.25) is 0 Å². The van der Waals surface area contributed by atoms with Gasteiger partial charge in [0.2, 0.25) is 0 Å². The van der Waals surface area contributed by atoms with Crippen LogP contribution in [0.15, 0.2) is 29.3 Å². The number of aliphatic imine (C=N–C) groups is 1. The lowest BCUT2D eigenvalue weighted by molar-refractivity contribution is 0.0963. The molecule has 7 nitrogen and oxygen atoms in total. The number of carbonyl (C=O) groups excluding carboxylic acids is 1. The summed E-state index contributed by atoms with van der Waals surface area (Å²) in [6.07, 6.45) is 1.50. The van der Waals surface area contributed by atoms with E-state index < -0.39 is 0 Å². The third-order valence-electron chi connectivity index (χ3n) is 4.54. The average Bonchev–Trinajstić information content (AvgIpc) is 2.67. The Morgan fingerprint density at radius 3 is 2.66 bits per heavy atom. The van der Waals surface area contributed by atoms with E-state index in [9.17, 15) is 4.79 Å². The minimum Gasteiger partial charge on any atom is -0.489 e. The Labute approximate surface area is 191 Å². The van der Waals surface area contributed by atoms with Crippen LogP contribution in [0.4, 0.5) is 4.79 Å². The van der Waals surface area contributed by atoms with Crippen molar-refractivity contribution >= 4 is 36.0 Å². The van der Waals surface area contributed by atoms with Gasteiger partial charge in [-0.15, -0.1) is 24.0 Å². The molecule has 0 aliphatic carbocycles. The van der Waals surface area contributed by atoms with E-state index in [1.54, 1.807) is 4.90 Å². The zero-order chi connectivity index (χ0) is 20.4. The van der Waals surface area contributed by atoms with Gasteiger partial charge in [-0.25, -0.2) is 9.79 Å². The lowest BCUT2D eigenvalue weighted by Crippen LogP contribution is -2.50. The predicted molar refractivity (Wildman–Crippen MR) is 127 cm³/mol. The summed E-state index contributed by atoms with van der Waals surface area (Å²) in [6, 6.07) is 8.33. The lowest BCUT2D eigenvalue weighted by atomic mass is 10.1. The van der Waals surface area contributed by atoms with Gasteiger partial charge >= 0.3 is 6.09 Å². The molecule has 1 aromatic carbocycles. The second kappa shape index (κ2) is 13.5. The minimum atomic E-state index is -0.219. The van der Waals surface area contributed by atoms with Gasteiger partial charge < -0.3 is 25.0 Å². The number of nitrogens with one attached hydrogen (secondary N) is 2. The molecule has 1 aliphatic rings. The van der Waals surface area contributed by atoms with Crippen molar-refractivity contribution in [2.45, 2.75) is 52.7 Å². The third-order valence-corrected chi connectivity index (χ3v) is 4.54. The van der Waals surface area contributed by atoms with E-state index in [1.807, 2.05) is 39.0 Å². The molecule has 1 aromatic rings. The van der Waals surface area contributed by atoms with E-state index in [4.69, 9.17) is 9.47 Å². The minimum absolute atomic E-state index is 0. The van der Waals surface area contributed by atoms with Gasteiger partial charge in [0.1, 0.15) is 11.9 Å². The number of likely N-dealkylation sites (tertiary alicyclic amines) is 1. The summed E-state index contributed by atoms with van der Waals surface area (Å²) >= 11 is 0. The molecule has 0 radical (unpaired) electrons. The summed E-state index contributed by atoms with van der Waals surface area (Å²) in [5.41, 5.74) is 1.18. The number of piperidine rings is 1. The molecule has 1 fully saturated rings. The predicted octanol–water partition coefficient (Wildman–Crippen LogP) is 3.56. The van der Waals surface area contributed by atoms with Crippen LogP contribution in [0.1, 0.15) is 39.2 Å². The number of aryl methyl sites for hydroxylation is 1. The van der Waals surface area contributed by atoms with Crippen LogP contribution in [0.5, 0.6) is 5.75 Å². The first-order valence-corrected chi connectivity index (χ1v) is 10.2. The Hall–Kier alpha value is -1.71. The fourth-order valence-corrected chi connectivity index (χ4v) is 3.11. The first-order chi connectivity index (χ1) is 13.5. The standard InChI is InChI=1S/C21H34N4O3.HI/c1-5-22-20(23-15-17(4)28-19-9-7-8-16(3)14-19)24-18-10-12-25(13-11-18)21(26)27-6-2;/h7-9,14,17-18H,5-6,10-13,15H2,1-4H3,(H2,22,23,24);1H. The molecular formula is C21H35IN4O3. The van der Waals surface area contributed by atoms with Crippen molar-refractivity contribution in [1.82, 2.24) is 15.5 Å². The first-order valence-electron chi connectivity index (χ1n) is 10.2. The molecule has 0 spiro atoms. The maximum Gasteiger partial charge on any atom is 0.409 e. The number of hydrogen-bond acceptors (Lipinski definition) is 4. The number of guanidine groups is 1. The topological polar surface area (TPSA) is 75.2 Å². The molecule has 164 valence electrons. The summed E-state index contributed by atoms with van der Waals surface area (Å²) in [7, 11) is 0. The van der Waals surface area contributed by atoms with Gasteiger partial charge in [0.25, 0.3) is 0 Å². The van der Waals surface area contributed by atoms with Gasteiger partial charge in [0, 0.05) is 25.7 Å². The molecule has 0 bridgehead atoms. The van der Waals surface area contributed by atoms with E-state index in [-0.39, 0.29) is 42.2 Å². The smallest absolute Gasteiger partial charge is 0.409 e. The summed E-state index contributed by atoms with van der Waals surface area (Å²) in [4.78, 5) is 18.3. The summed E-state index contributed by atoms with van der Waals surface area (Å²) in [5.74, 6) is 1.66. The van der Waals surface area contributed by atoms with Crippen molar-refractivity contribution < 1.29 is 14.3 Å². The maximum absolute atomic E-state index is 11.8. The molecule has 1 saturated heterocycles. The van der Waals surface area contributed by atoms with Gasteiger partial charge in [0.05, 0.1) is 13.2 Å². The van der Waals surface area contributed by atoms with Crippen molar-refractivity contribution in [3.63, 3.8) is 0 Å². The van der Waals surface area contributed by atoms with E-state index in [2.05, 4.69) is 28.6 Å². The number of hydrogen-bond donors (Lipinski definition) is 2. The van der Waals surface area contributed by atoms with Crippen molar-refractivity contribution in [3.05, 3.63) is 29.8 Å². The third kappa shape index (κ3) is 9.10. The Bertz CT molecular complexity index is 649. The monoisotopic (exact) mass is 518 g/mol. The molecule has 0 aromatic heterocycles. The number of carbonyl (C=O) groups is 1. The van der Waals surface area contributed by atoms with Gasteiger partial charge in [-0.2, -0.15) is 0 Å². The Balaban J connectivity index is 0.00000420. The van der Waals surface area contributed by atoms with Crippen molar-refractivity contribution in [3.8, 4) is 5.75 Å². The molecular weight excluding hydrogens is 483 g/mol. The highest BCUT2D eigenvalue weighted by Crippen LogP contribution is 2.14. The van der Waals surface area contributed by atoms with E-state index in [1.165, 1.54) is 5.56 Å². The SMILES string of the molecule is CCNC(=NCC(C)Oc1cccc(C)c1)NC1CCN(C(=O)OCC)CC1.I. The Morgan fingerprint density at radius 2 is 2.03 bits per heavy atom. The molecule has 1 heterocycles. The summed E-state index contributed by atoms with van der Waals surface area (Å²) < 4.78 is 11.0. The molecule has 29 heavy (non-hydrogen) atoms. The van der Waals surface area contributed by atoms with Gasteiger partial charge in [-0.1, -0.05) is 12.1 Å². The fraction of sp³-hybridized carbons (Fsp3) is 0.619. The summed E-state index contributed by atoms with van der Waals surface area (Å²) in [5, 5.41) is 6.77. The van der Waals surface area contributed by atoms with Crippen LogP contribution in [0.3, 0.4) is 0 Å². The quantitative estimate of drug-likeness (QED) is 0.328. The Kier molecular flexibility index (Phi) is 11.8. The van der Waals surface area contributed by atoms with E-state index in [0.29, 0.717) is 26.2 Å². The van der Waals surface area contributed by atoms with Gasteiger partial charge in [-0.3, -0.25) is 0 Å². The van der Waals surface area contributed by atoms with Crippen molar-refractivity contribution in [1.29, 1.82) is 0 Å². The second-order valence-electron chi connectivity index (χ2n) is 7.07.